The molecule has 1 fully saturated rings. The van der Waals surface area contributed by atoms with E-state index in [-0.39, 0.29) is 0 Å². The van der Waals surface area contributed by atoms with Gasteiger partial charge in [0.2, 0.25) is 0 Å². The average molecular weight is 235 g/mol. The Bertz CT molecular complexity index is 362. The van der Waals surface area contributed by atoms with Crippen molar-refractivity contribution in [2.45, 2.75) is 45.8 Å². The average Bonchev–Trinajstić information content (AvgIpc) is 2.81. The summed E-state index contributed by atoms with van der Waals surface area (Å²) in [4.78, 5) is 8.98. The van der Waals surface area contributed by atoms with Crippen LogP contribution in [0.2, 0.25) is 0 Å². The lowest BCUT2D eigenvalue weighted by atomic mass is 10.1. The van der Waals surface area contributed by atoms with Crippen molar-refractivity contribution in [2.75, 3.05) is 13.2 Å². The lowest BCUT2D eigenvalue weighted by molar-refractivity contribution is 0.110. The summed E-state index contributed by atoms with van der Waals surface area (Å²) in [6, 6.07) is 0. The van der Waals surface area contributed by atoms with Crippen molar-refractivity contribution in [1.82, 2.24) is 15.3 Å². The first kappa shape index (κ1) is 12.5. The molecule has 1 unspecified atom stereocenters. The molecule has 2 heterocycles. The van der Waals surface area contributed by atoms with Crippen molar-refractivity contribution >= 4 is 0 Å². The minimum Gasteiger partial charge on any atom is -0.378 e. The van der Waals surface area contributed by atoms with Crippen LogP contribution >= 0.6 is 0 Å². The van der Waals surface area contributed by atoms with Gasteiger partial charge in [-0.1, -0.05) is 6.92 Å². The number of nitrogens with zero attached hydrogens (tertiary/aromatic N) is 2. The molecule has 0 aromatic carbocycles. The Labute approximate surface area is 103 Å². The molecule has 1 saturated heterocycles. The summed E-state index contributed by atoms with van der Waals surface area (Å²) in [6.45, 7) is 6.86. The van der Waals surface area contributed by atoms with Crippen molar-refractivity contribution in [1.29, 1.82) is 0 Å². The molecule has 1 aromatic rings. The minimum absolute atomic E-state index is 0.328. The fraction of sp³-hybridized carbons (Fsp3) is 0.692. The zero-order valence-corrected chi connectivity index (χ0v) is 10.7. The number of hydrogen-bond acceptors (Lipinski definition) is 4. The molecule has 1 aliphatic heterocycles. The summed E-state index contributed by atoms with van der Waals surface area (Å²) in [5.41, 5.74) is 2.26. The molecule has 2 rings (SSSR count). The third kappa shape index (κ3) is 3.48. The standard InChI is InChI=1S/C13H21N3O/c1-3-14-8-11-9-15-13(16-10(11)2)7-12-5-4-6-17-12/h9,12,14H,3-8H2,1-2H3. The second-order valence-electron chi connectivity index (χ2n) is 4.52. The summed E-state index contributed by atoms with van der Waals surface area (Å²) >= 11 is 0. The number of aryl methyl sites for hydroxylation is 1. The molecule has 0 aliphatic carbocycles. The van der Waals surface area contributed by atoms with Crippen LogP contribution in [0.15, 0.2) is 6.20 Å². The van der Waals surface area contributed by atoms with Crippen LogP contribution < -0.4 is 5.32 Å². The van der Waals surface area contributed by atoms with Gasteiger partial charge in [0.15, 0.2) is 0 Å². The zero-order chi connectivity index (χ0) is 12.1. The van der Waals surface area contributed by atoms with Gasteiger partial charge in [0.05, 0.1) is 6.10 Å². The second-order valence-corrected chi connectivity index (χ2v) is 4.52. The van der Waals surface area contributed by atoms with Gasteiger partial charge in [0, 0.05) is 37.0 Å². The fourth-order valence-corrected chi connectivity index (χ4v) is 2.08. The van der Waals surface area contributed by atoms with E-state index in [1.165, 1.54) is 12.0 Å². The Morgan fingerprint density at radius 3 is 3.06 bits per heavy atom. The van der Waals surface area contributed by atoms with E-state index in [4.69, 9.17) is 4.74 Å². The van der Waals surface area contributed by atoms with Crippen LogP contribution in [-0.2, 0) is 17.7 Å². The Morgan fingerprint density at radius 2 is 2.41 bits per heavy atom. The predicted octanol–water partition coefficient (Wildman–Crippen LogP) is 1.62. The van der Waals surface area contributed by atoms with Crippen molar-refractivity contribution in [2.24, 2.45) is 0 Å². The van der Waals surface area contributed by atoms with Crippen LogP contribution in [0, 0.1) is 6.92 Å². The van der Waals surface area contributed by atoms with Crippen LogP contribution in [0.3, 0.4) is 0 Å². The van der Waals surface area contributed by atoms with Crippen molar-refractivity contribution < 1.29 is 4.74 Å². The third-order valence-electron chi connectivity index (χ3n) is 3.13. The topological polar surface area (TPSA) is 47.0 Å². The summed E-state index contributed by atoms with van der Waals surface area (Å²) in [7, 11) is 0. The number of ether oxygens (including phenoxy) is 1. The van der Waals surface area contributed by atoms with E-state index in [1.54, 1.807) is 0 Å². The maximum absolute atomic E-state index is 5.60. The monoisotopic (exact) mass is 235 g/mol. The van der Waals surface area contributed by atoms with E-state index in [9.17, 15) is 0 Å². The largest absolute Gasteiger partial charge is 0.378 e. The number of nitrogens with one attached hydrogen (secondary N) is 1. The summed E-state index contributed by atoms with van der Waals surface area (Å²) in [5, 5.41) is 3.29. The Hall–Kier alpha value is -1.00. The molecule has 0 amide bonds. The molecule has 1 N–H and O–H groups in total. The van der Waals surface area contributed by atoms with Crippen LogP contribution in [0.5, 0.6) is 0 Å². The fourth-order valence-electron chi connectivity index (χ4n) is 2.08. The van der Waals surface area contributed by atoms with Crippen LogP contribution in [0.25, 0.3) is 0 Å². The molecular formula is C13H21N3O. The maximum atomic E-state index is 5.60. The third-order valence-corrected chi connectivity index (χ3v) is 3.13. The van der Waals surface area contributed by atoms with E-state index < -0.39 is 0 Å². The molecule has 4 heteroatoms. The highest BCUT2D eigenvalue weighted by Gasteiger charge is 2.17. The highest BCUT2D eigenvalue weighted by Crippen LogP contribution is 2.15. The van der Waals surface area contributed by atoms with E-state index >= 15 is 0 Å². The van der Waals surface area contributed by atoms with Crippen molar-refractivity contribution in [3.63, 3.8) is 0 Å². The highest BCUT2D eigenvalue weighted by atomic mass is 16.5. The van der Waals surface area contributed by atoms with Crippen LogP contribution in [0.4, 0.5) is 0 Å². The smallest absolute Gasteiger partial charge is 0.131 e. The predicted molar refractivity (Wildman–Crippen MR) is 66.8 cm³/mol. The first-order valence-electron chi connectivity index (χ1n) is 6.43. The summed E-state index contributed by atoms with van der Waals surface area (Å²) in [6.07, 6.45) is 5.43. The Kier molecular flexibility index (Phi) is 4.45. The molecule has 0 radical (unpaired) electrons. The van der Waals surface area contributed by atoms with E-state index in [0.717, 1.165) is 44.1 Å². The van der Waals surface area contributed by atoms with Gasteiger partial charge < -0.3 is 10.1 Å². The summed E-state index contributed by atoms with van der Waals surface area (Å²) < 4.78 is 5.60. The van der Waals surface area contributed by atoms with Gasteiger partial charge in [-0.15, -0.1) is 0 Å². The molecule has 1 atom stereocenters. The SMILES string of the molecule is CCNCc1cnc(CC2CCCO2)nc1C. The quantitative estimate of drug-likeness (QED) is 0.842. The molecule has 94 valence electrons. The Morgan fingerprint density at radius 1 is 1.53 bits per heavy atom. The molecule has 4 nitrogen and oxygen atoms in total. The van der Waals surface area contributed by atoms with Gasteiger partial charge in [-0.25, -0.2) is 9.97 Å². The Balaban J connectivity index is 1.97. The molecule has 0 spiro atoms. The number of hydrogen-bond donors (Lipinski definition) is 1. The number of rotatable bonds is 5. The van der Waals surface area contributed by atoms with E-state index in [0.29, 0.717) is 6.10 Å². The van der Waals surface area contributed by atoms with Gasteiger partial charge in [-0.2, -0.15) is 0 Å². The van der Waals surface area contributed by atoms with Crippen molar-refractivity contribution in [3.8, 4) is 0 Å². The molecule has 0 bridgehead atoms. The lowest BCUT2D eigenvalue weighted by Gasteiger charge is -2.10. The highest BCUT2D eigenvalue weighted by molar-refractivity contribution is 5.16. The van der Waals surface area contributed by atoms with Gasteiger partial charge in [0.1, 0.15) is 5.82 Å². The van der Waals surface area contributed by atoms with E-state index in [2.05, 4.69) is 22.2 Å². The van der Waals surface area contributed by atoms with Crippen LogP contribution in [0.1, 0.15) is 36.8 Å². The van der Waals surface area contributed by atoms with Gasteiger partial charge >= 0.3 is 0 Å². The van der Waals surface area contributed by atoms with Crippen molar-refractivity contribution in [3.05, 3.63) is 23.3 Å². The first-order chi connectivity index (χ1) is 8.29. The molecule has 1 aliphatic rings. The maximum Gasteiger partial charge on any atom is 0.131 e. The first-order valence-corrected chi connectivity index (χ1v) is 6.43. The molecule has 1 aromatic heterocycles. The zero-order valence-electron chi connectivity index (χ0n) is 10.7. The van der Waals surface area contributed by atoms with Gasteiger partial charge in [-0.05, 0) is 26.3 Å². The van der Waals surface area contributed by atoms with Gasteiger partial charge in [0.25, 0.3) is 0 Å². The molecular weight excluding hydrogens is 214 g/mol. The lowest BCUT2D eigenvalue weighted by Crippen LogP contribution is -2.16. The second kappa shape index (κ2) is 6.07. The normalized spacial score (nSPS) is 19.8. The molecule has 17 heavy (non-hydrogen) atoms. The number of aromatic nitrogens is 2. The minimum atomic E-state index is 0.328. The summed E-state index contributed by atoms with van der Waals surface area (Å²) in [5.74, 6) is 0.912. The van der Waals surface area contributed by atoms with Crippen LogP contribution in [-0.4, -0.2) is 29.2 Å². The molecule has 0 saturated carbocycles. The van der Waals surface area contributed by atoms with E-state index in [1.807, 2.05) is 13.1 Å². The van der Waals surface area contributed by atoms with Gasteiger partial charge in [-0.3, -0.25) is 0 Å².